The quantitative estimate of drug-likeness (QED) is 0.552. The van der Waals surface area contributed by atoms with Gasteiger partial charge in [-0.3, -0.25) is 0 Å². The van der Waals surface area contributed by atoms with Crippen LogP contribution < -0.4 is 61.6 Å². The molecular weight excluding hydrogens is 255 g/mol. The molecule has 0 aliphatic heterocycles. The molecule has 17 heavy (non-hydrogen) atoms. The Balaban J connectivity index is 0.00000256. The molecule has 0 saturated heterocycles. The maximum atomic E-state index is 12.5. The van der Waals surface area contributed by atoms with Gasteiger partial charge in [-0.15, -0.1) is 5.46 Å². The van der Waals surface area contributed by atoms with Gasteiger partial charge in [0.2, 0.25) is 0 Å². The van der Waals surface area contributed by atoms with Crippen molar-refractivity contribution in [3.05, 3.63) is 36.4 Å². The Hall–Kier alpha value is 0.251. The van der Waals surface area contributed by atoms with Crippen molar-refractivity contribution >= 4 is 12.4 Å². The molecule has 0 amide bonds. The summed E-state index contributed by atoms with van der Waals surface area (Å²) in [6.07, 6.45) is 1.36. The number of rotatable bonds is 4. The molecule has 0 bridgehead atoms. The summed E-state index contributed by atoms with van der Waals surface area (Å²) in [5, 5.41) is 0. The Bertz CT molecular complexity index is 393. The molecule has 1 unspecified atom stereocenters. The average Bonchev–Trinajstić information content (AvgIpc) is 2.15. The summed E-state index contributed by atoms with van der Waals surface area (Å²) < 4.78 is 42.9. The Morgan fingerprint density at radius 1 is 1.35 bits per heavy atom. The smallest absolute Gasteiger partial charge is 0.487 e. The van der Waals surface area contributed by atoms with Gasteiger partial charge in [0, 0.05) is 0 Å². The SMILES string of the molecule is C=CC(C)Oc1ccc([B-](F)(F)F)c(C)c1.[K+]. The van der Waals surface area contributed by atoms with E-state index in [9.17, 15) is 12.9 Å². The van der Waals surface area contributed by atoms with E-state index in [1.807, 2.05) is 0 Å². The van der Waals surface area contributed by atoms with E-state index in [1.54, 1.807) is 13.0 Å². The van der Waals surface area contributed by atoms with Crippen molar-refractivity contribution in [3.63, 3.8) is 0 Å². The minimum atomic E-state index is -4.95. The van der Waals surface area contributed by atoms with E-state index < -0.39 is 12.4 Å². The van der Waals surface area contributed by atoms with Crippen LogP contribution in [-0.4, -0.2) is 13.1 Å². The fourth-order valence-corrected chi connectivity index (χ4v) is 1.35. The summed E-state index contributed by atoms with van der Waals surface area (Å²) in [6.45, 7) is 1.78. The maximum Gasteiger partial charge on any atom is 1.00 e. The Kier molecular flexibility index (Phi) is 7.10. The number of benzene rings is 1. The van der Waals surface area contributed by atoms with E-state index in [2.05, 4.69) is 6.58 Å². The second kappa shape index (κ2) is 6.99. The standard InChI is InChI=1S/C11H13BF3O.K/c1-4-9(3)16-10-5-6-11(8(2)7-10)12(13,14)15;/h4-7,9H,1H2,2-3H3;/q-1;+1. The number of ether oxygens (including phenoxy) is 1. The minimum absolute atomic E-state index is 0. The van der Waals surface area contributed by atoms with E-state index >= 15 is 0 Å². The van der Waals surface area contributed by atoms with Gasteiger partial charge in [-0.2, -0.15) is 0 Å². The van der Waals surface area contributed by atoms with Gasteiger partial charge in [-0.05, 0) is 26.0 Å². The summed E-state index contributed by atoms with van der Waals surface area (Å²) in [7, 11) is 0. The zero-order valence-electron chi connectivity index (χ0n) is 10.2. The summed E-state index contributed by atoms with van der Waals surface area (Å²) >= 11 is 0. The second-order valence-electron chi connectivity index (χ2n) is 3.65. The number of hydrogen-bond acceptors (Lipinski definition) is 1. The van der Waals surface area contributed by atoms with Gasteiger partial charge in [-0.25, -0.2) is 0 Å². The first-order valence-electron chi connectivity index (χ1n) is 4.94. The molecule has 0 spiro atoms. The fraction of sp³-hybridized carbons (Fsp3) is 0.273. The molecular formula is C11H13BF3KO. The maximum absolute atomic E-state index is 12.5. The molecule has 0 N–H and O–H groups in total. The van der Waals surface area contributed by atoms with Crippen LogP contribution >= 0.6 is 0 Å². The Labute approximate surface area is 142 Å². The van der Waals surface area contributed by atoms with Gasteiger partial charge in [0.15, 0.2) is 0 Å². The average molecular weight is 268 g/mol. The van der Waals surface area contributed by atoms with Gasteiger partial charge < -0.3 is 17.7 Å². The summed E-state index contributed by atoms with van der Waals surface area (Å²) in [4.78, 5) is 0. The van der Waals surface area contributed by atoms with Crippen LogP contribution in [-0.2, 0) is 0 Å². The van der Waals surface area contributed by atoms with Crippen LogP contribution in [0.5, 0.6) is 5.75 Å². The molecule has 0 aromatic heterocycles. The Morgan fingerprint density at radius 2 is 1.94 bits per heavy atom. The molecule has 88 valence electrons. The summed E-state index contributed by atoms with van der Waals surface area (Å²) in [5.41, 5.74) is -0.389. The van der Waals surface area contributed by atoms with Crippen molar-refractivity contribution in [1.82, 2.24) is 0 Å². The molecule has 0 aliphatic carbocycles. The molecule has 1 atom stereocenters. The third kappa shape index (κ3) is 5.18. The first-order valence-corrected chi connectivity index (χ1v) is 4.94. The summed E-state index contributed by atoms with van der Waals surface area (Å²) in [6, 6.07) is 3.78. The van der Waals surface area contributed by atoms with Gasteiger partial charge >= 0.3 is 58.4 Å². The van der Waals surface area contributed by atoms with Crippen molar-refractivity contribution in [2.45, 2.75) is 20.0 Å². The van der Waals surface area contributed by atoms with Gasteiger partial charge in [0.25, 0.3) is 0 Å². The summed E-state index contributed by atoms with van der Waals surface area (Å²) in [5.74, 6) is 0.425. The number of hydrogen-bond donors (Lipinski definition) is 0. The van der Waals surface area contributed by atoms with Crippen molar-refractivity contribution in [2.24, 2.45) is 0 Å². The fourth-order valence-electron chi connectivity index (χ4n) is 1.35. The molecule has 0 fully saturated rings. The van der Waals surface area contributed by atoms with E-state index in [1.165, 1.54) is 19.1 Å². The predicted octanol–water partition coefficient (Wildman–Crippen LogP) is 0.00672. The van der Waals surface area contributed by atoms with Crippen molar-refractivity contribution in [2.75, 3.05) is 0 Å². The third-order valence-electron chi connectivity index (χ3n) is 2.25. The third-order valence-corrected chi connectivity index (χ3v) is 2.25. The van der Waals surface area contributed by atoms with E-state index in [-0.39, 0.29) is 63.1 Å². The molecule has 1 aromatic carbocycles. The molecule has 0 saturated carbocycles. The van der Waals surface area contributed by atoms with Crippen LogP contribution in [0.3, 0.4) is 0 Å². The molecule has 6 heteroatoms. The number of halogens is 3. The molecule has 0 aliphatic rings. The monoisotopic (exact) mass is 268 g/mol. The normalized spacial score (nSPS) is 12.5. The number of aryl methyl sites for hydroxylation is 1. The first kappa shape index (κ1) is 17.3. The van der Waals surface area contributed by atoms with Gasteiger partial charge in [-0.1, -0.05) is 24.3 Å². The van der Waals surface area contributed by atoms with Gasteiger partial charge in [0.1, 0.15) is 11.9 Å². The largest absolute Gasteiger partial charge is 1.00 e. The second-order valence-corrected chi connectivity index (χ2v) is 3.65. The zero-order chi connectivity index (χ0) is 12.3. The van der Waals surface area contributed by atoms with E-state index in [0.717, 1.165) is 6.07 Å². The zero-order valence-corrected chi connectivity index (χ0v) is 13.3. The molecule has 0 heterocycles. The molecule has 1 aromatic rings. The molecule has 0 radical (unpaired) electrons. The van der Waals surface area contributed by atoms with Crippen LogP contribution in [0.25, 0.3) is 0 Å². The molecule has 1 nitrogen and oxygen atoms in total. The topological polar surface area (TPSA) is 9.23 Å². The van der Waals surface area contributed by atoms with Crippen LogP contribution in [0.1, 0.15) is 12.5 Å². The van der Waals surface area contributed by atoms with Crippen molar-refractivity contribution < 1.29 is 69.1 Å². The van der Waals surface area contributed by atoms with Crippen LogP contribution in [0.15, 0.2) is 30.9 Å². The minimum Gasteiger partial charge on any atom is -0.487 e. The van der Waals surface area contributed by atoms with Crippen LogP contribution in [0, 0.1) is 6.92 Å². The van der Waals surface area contributed by atoms with Crippen LogP contribution in [0.2, 0.25) is 0 Å². The first-order chi connectivity index (χ1) is 7.34. The van der Waals surface area contributed by atoms with E-state index in [4.69, 9.17) is 4.74 Å². The van der Waals surface area contributed by atoms with Crippen LogP contribution in [0.4, 0.5) is 12.9 Å². The van der Waals surface area contributed by atoms with Crippen molar-refractivity contribution in [3.8, 4) is 5.75 Å². The van der Waals surface area contributed by atoms with Crippen molar-refractivity contribution in [1.29, 1.82) is 0 Å². The van der Waals surface area contributed by atoms with E-state index in [0.29, 0.717) is 5.75 Å². The van der Waals surface area contributed by atoms with Gasteiger partial charge in [0.05, 0.1) is 0 Å². The Morgan fingerprint density at radius 3 is 2.35 bits per heavy atom. The molecule has 1 rings (SSSR count). The predicted molar refractivity (Wildman–Crippen MR) is 60.2 cm³/mol.